The Hall–Kier alpha value is -0.850. The SMILES string of the molecule is FC1=C(CC2CCCCC2)C=CCC=C1. The maximum Gasteiger partial charge on any atom is 0.126 e. The standard InChI is InChI=1S/C14H19F/c15-14-10-6-2-5-9-13(14)11-12-7-3-1-4-8-12/h5-6,9-10,12H,1-4,7-8,11H2. The van der Waals surface area contributed by atoms with E-state index in [1.54, 1.807) is 6.08 Å². The Labute approximate surface area is 91.6 Å². The van der Waals surface area contributed by atoms with E-state index in [9.17, 15) is 4.39 Å². The first kappa shape index (κ1) is 10.7. The Morgan fingerprint density at radius 3 is 2.60 bits per heavy atom. The summed E-state index contributed by atoms with van der Waals surface area (Å²) >= 11 is 0. The first-order valence-corrected chi connectivity index (χ1v) is 6.08. The van der Waals surface area contributed by atoms with Gasteiger partial charge in [0.15, 0.2) is 0 Å². The molecule has 0 amide bonds. The molecule has 0 aliphatic heterocycles. The van der Waals surface area contributed by atoms with Crippen LogP contribution in [0.2, 0.25) is 0 Å². The summed E-state index contributed by atoms with van der Waals surface area (Å²) in [6, 6.07) is 0. The molecule has 0 nitrogen and oxygen atoms in total. The van der Waals surface area contributed by atoms with E-state index in [1.165, 1.54) is 32.1 Å². The van der Waals surface area contributed by atoms with E-state index < -0.39 is 0 Å². The summed E-state index contributed by atoms with van der Waals surface area (Å²) in [7, 11) is 0. The number of allylic oxidation sites excluding steroid dienone is 6. The molecule has 1 heteroatoms. The molecule has 0 aromatic rings. The van der Waals surface area contributed by atoms with Gasteiger partial charge >= 0.3 is 0 Å². The van der Waals surface area contributed by atoms with Gasteiger partial charge in [0.05, 0.1) is 0 Å². The minimum absolute atomic E-state index is 0.0191. The lowest BCUT2D eigenvalue weighted by Gasteiger charge is -2.21. The molecule has 0 spiro atoms. The Balaban J connectivity index is 1.99. The molecule has 0 unspecified atom stereocenters. The first-order chi connectivity index (χ1) is 7.36. The van der Waals surface area contributed by atoms with Crippen LogP contribution in [0.3, 0.4) is 0 Å². The fourth-order valence-corrected chi connectivity index (χ4v) is 2.51. The molecular formula is C14H19F. The van der Waals surface area contributed by atoms with Crippen molar-refractivity contribution in [3.63, 3.8) is 0 Å². The van der Waals surface area contributed by atoms with E-state index in [4.69, 9.17) is 0 Å². The molecule has 0 heterocycles. The van der Waals surface area contributed by atoms with Crippen LogP contribution in [0.25, 0.3) is 0 Å². The number of halogens is 1. The van der Waals surface area contributed by atoms with Crippen molar-refractivity contribution in [2.24, 2.45) is 5.92 Å². The van der Waals surface area contributed by atoms with Crippen LogP contribution in [0.5, 0.6) is 0 Å². The van der Waals surface area contributed by atoms with Gasteiger partial charge in [0.2, 0.25) is 0 Å². The minimum atomic E-state index is -0.0191. The van der Waals surface area contributed by atoms with Crippen molar-refractivity contribution in [2.75, 3.05) is 0 Å². The van der Waals surface area contributed by atoms with Gasteiger partial charge < -0.3 is 0 Å². The third kappa shape index (κ3) is 3.05. The van der Waals surface area contributed by atoms with E-state index in [2.05, 4.69) is 6.08 Å². The second kappa shape index (κ2) is 5.29. The molecule has 1 saturated carbocycles. The van der Waals surface area contributed by atoms with Gasteiger partial charge in [0.25, 0.3) is 0 Å². The van der Waals surface area contributed by atoms with E-state index in [1.807, 2.05) is 12.2 Å². The summed E-state index contributed by atoms with van der Waals surface area (Å²) in [5, 5.41) is 0. The van der Waals surface area contributed by atoms with Gasteiger partial charge in [-0.25, -0.2) is 4.39 Å². The molecule has 0 N–H and O–H groups in total. The Kier molecular flexibility index (Phi) is 3.76. The third-order valence-electron chi connectivity index (χ3n) is 3.40. The van der Waals surface area contributed by atoms with Crippen LogP contribution in [0.4, 0.5) is 4.39 Å². The van der Waals surface area contributed by atoms with Gasteiger partial charge in [0.1, 0.15) is 5.83 Å². The van der Waals surface area contributed by atoms with Gasteiger partial charge in [-0.05, 0) is 30.4 Å². The zero-order valence-corrected chi connectivity index (χ0v) is 9.21. The van der Waals surface area contributed by atoms with Gasteiger partial charge in [-0.1, -0.05) is 50.3 Å². The first-order valence-electron chi connectivity index (χ1n) is 6.08. The summed E-state index contributed by atoms with van der Waals surface area (Å²) in [4.78, 5) is 0. The van der Waals surface area contributed by atoms with Crippen LogP contribution in [-0.4, -0.2) is 0 Å². The zero-order chi connectivity index (χ0) is 10.5. The highest BCUT2D eigenvalue weighted by Gasteiger charge is 2.16. The van der Waals surface area contributed by atoms with Crippen molar-refractivity contribution in [1.82, 2.24) is 0 Å². The van der Waals surface area contributed by atoms with Crippen molar-refractivity contribution in [2.45, 2.75) is 44.9 Å². The van der Waals surface area contributed by atoms with E-state index in [0.717, 1.165) is 24.3 Å². The van der Waals surface area contributed by atoms with Gasteiger partial charge in [-0.15, -0.1) is 0 Å². The zero-order valence-electron chi connectivity index (χ0n) is 9.21. The molecule has 2 aliphatic carbocycles. The summed E-state index contributed by atoms with van der Waals surface area (Å²) in [5.41, 5.74) is 0.913. The lowest BCUT2D eigenvalue weighted by atomic mass is 9.84. The predicted molar refractivity (Wildman–Crippen MR) is 62.2 cm³/mol. The predicted octanol–water partition coefficient (Wildman–Crippen LogP) is 4.70. The van der Waals surface area contributed by atoms with Crippen LogP contribution < -0.4 is 0 Å². The maximum absolute atomic E-state index is 13.6. The van der Waals surface area contributed by atoms with Crippen molar-refractivity contribution in [1.29, 1.82) is 0 Å². The molecule has 2 rings (SSSR count). The summed E-state index contributed by atoms with van der Waals surface area (Å²) in [6.45, 7) is 0. The van der Waals surface area contributed by atoms with Crippen molar-refractivity contribution < 1.29 is 4.39 Å². The van der Waals surface area contributed by atoms with Crippen molar-refractivity contribution in [3.05, 3.63) is 35.7 Å². The van der Waals surface area contributed by atoms with Crippen LogP contribution in [0.1, 0.15) is 44.9 Å². The van der Waals surface area contributed by atoms with E-state index >= 15 is 0 Å². The highest BCUT2D eigenvalue weighted by molar-refractivity contribution is 5.32. The average molecular weight is 206 g/mol. The van der Waals surface area contributed by atoms with Crippen LogP contribution in [0, 0.1) is 5.92 Å². The molecule has 15 heavy (non-hydrogen) atoms. The summed E-state index contributed by atoms with van der Waals surface area (Å²) in [5.74, 6) is 0.699. The quantitative estimate of drug-likeness (QED) is 0.614. The molecule has 2 aliphatic rings. The van der Waals surface area contributed by atoms with E-state index in [0.29, 0.717) is 0 Å². The Morgan fingerprint density at radius 2 is 1.80 bits per heavy atom. The highest BCUT2D eigenvalue weighted by atomic mass is 19.1. The molecule has 82 valence electrons. The molecular weight excluding hydrogens is 187 g/mol. The fraction of sp³-hybridized carbons (Fsp3) is 0.571. The van der Waals surface area contributed by atoms with Gasteiger partial charge in [0, 0.05) is 0 Å². The molecule has 0 bridgehead atoms. The summed E-state index contributed by atoms with van der Waals surface area (Å²) in [6.07, 6.45) is 16.0. The normalized spacial score (nSPS) is 23.3. The number of hydrogen-bond acceptors (Lipinski definition) is 0. The molecule has 0 aromatic carbocycles. The molecule has 0 aromatic heterocycles. The highest BCUT2D eigenvalue weighted by Crippen LogP contribution is 2.31. The lowest BCUT2D eigenvalue weighted by molar-refractivity contribution is 0.355. The van der Waals surface area contributed by atoms with Crippen LogP contribution in [-0.2, 0) is 0 Å². The average Bonchev–Trinajstić information content (AvgIpc) is 2.46. The van der Waals surface area contributed by atoms with Crippen molar-refractivity contribution >= 4 is 0 Å². The number of rotatable bonds is 2. The molecule has 0 radical (unpaired) electrons. The Morgan fingerprint density at radius 1 is 1.07 bits per heavy atom. The fourth-order valence-electron chi connectivity index (χ4n) is 2.51. The summed E-state index contributed by atoms with van der Waals surface area (Å²) < 4.78 is 13.6. The smallest absolute Gasteiger partial charge is 0.126 e. The van der Waals surface area contributed by atoms with Gasteiger partial charge in [-0.3, -0.25) is 0 Å². The minimum Gasteiger partial charge on any atom is -0.207 e. The number of hydrogen-bond donors (Lipinski definition) is 0. The van der Waals surface area contributed by atoms with Gasteiger partial charge in [-0.2, -0.15) is 0 Å². The monoisotopic (exact) mass is 206 g/mol. The molecule has 1 fully saturated rings. The van der Waals surface area contributed by atoms with Crippen molar-refractivity contribution in [3.8, 4) is 0 Å². The maximum atomic E-state index is 13.6. The van der Waals surface area contributed by atoms with Crippen LogP contribution in [0.15, 0.2) is 35.7 Å². The molecule has 0 saturated heterocycles. The molecule has 0 atom stereocenters. The second-order valence-electron chi connectivity index (χ2n) is 4.62. The third-order valence-corrected chi connectivity index (χ3v) is 3.40. The van der Waals surface area contributed by atoms with E-state index in [-0.39, 0.29) is 5.83 Å². The topological polar surface area (TPSA) is 0 Å². The largest absolute Gasteiger partial charge is 0.207 e. The Bertz CT molecular complexity index is 290. The lowest BCUT2D eigenvalue weighted by Crippen LogP contribution is -2.07. The van der Waals surface area contributed by atoms with Crippen LogP contribution >= 0.6 is 0 Å². The second-order valence-corrected chi connectivity index (χ2v) is 4.62.